The number of thioether (sulfide) groups is 1. The van der Waals surface area contributed by atoms with Crippen molar-refractivity contribution in [1.29, 1.82) is 0 Å². The first-order valence-electron chi connectivity index (χ1n) is 10.8. The molecule has 1 rings (SSSR count). The van der Waals surface area contributed by atoms with E-state index in [0.717, 1.165) is 11.7 Å². The zero-order chi connectivity index (χ0) is 19.7. The van der Waals surface area contributed by atoms with Gasteiger partial charge in [-0.15, -0.1) is 0 Å². The van der Waals surface area contributed by atoms with E-state index in [1.807, 2.05) is 0 Å². The van der Waals surface area contributed by atoms with Crippen molar-refractivity contribution in [1.82, 2.24) is 0 Å². The average molecular weight is 389 g/mol. The smallest absolute Gasteiger partial charge is 0.161 e. The molecule has 156 valence electrons. The SMILES string of the molecule is CCC1O[C@H](OC(C)C)C(CCCCCSC(C)C)C(C)[C@@H]1OC(C)C. The van der Waals surface area contributed by atoms with Gasteiger partial charge in [-0.2, -0.15) is 11.8 Å². The van der Waals surface area contributed by atoms with Crippen LogP contribution >= 0.6 is 11.8 Å². The van der Waals surface area contributed by atoms with Gasteiger partial charge in [0.25, 0.3) is 0 Å². The number of ether oxygens (including phenoxy) is 3. The van der Waals surface area contributed by atoms with Crippen LogP contribution in [0.15, 0.2) is 0 Å². The van der Waals surface area contributed by atoms with Gasteiger partial charge in [0.1, 0.15) is 0 Å². The van der Waals surface area contributed by atoms with Crippen LogP contribution in [0.2, 0.25) is 0 Å². The van der Waals surface area contributed by atoms with Crippen molar-refractivity contribution in [3.63, 3.8) is 0 Å². The van der Waals surface area contributed by atoms with Gasteiger partial charge in [0.2, 0.25) is 0 Å². The molecule has 1 saturated heterocycles. The van der Waals surface area contributed by atoms with Crippen LogP contribution in [0.1, 0.15) is 87.5 Å². The summed E-state index contributed by atoms with van der Waals surface area (Å²) in [5.41, 5.74) is 0. The minimum Gasteiger partial charge on any atom is -0.373 e. The van der Waals surface area contributed by atoms with E-state index < -0.39 is 0 Å². The highest BCUT2D eigenvalue weighted by Crippen LogP contribution is 2.38. The zero-order valence-electron chi connectivity index (χ0n) is 18.5. The van der Waals surface area contributed by atoms with Crippen LogP contribution < -0.4 is 0 Å². The van der Waals surface area contributed by atoms with E-state index in [2.05, 4.69) is 67.2 Å². The van der Waals surface area contributed by atoms with Crippen LogP contribution in [0.3, 0.4) is 0 Å². The second kappa shape index (κ2) is 12.6. The standard InChI is InChI=1S/C22H44O3S/c1-9-20-21(23-15(2)3)18(8)19(22(25-20)24-16(4)5)13-11-10-12-14-26-17(6)7/h15-22H,9-14H2,1-8H3/t18?,19?,20?,21-,22-/m0/s1. The van der Waals surface area contributed by atoms with Gasteiger partial charge >= 0.3 is 0 Å². The maximum Gasteiger partial charge on any atom is 0.161 e. The number of hydrogen-bond acceptors (Lipinski definition) is 4. The molecule has 4 heteroatoms. The lowest BCUT2D eigenvalue weighted by Gasteiger charge is -2.46. The molecule has 1 heterocycles. The van der Waals surface area contributed by atoms with E-state index in [-0.39, 0.29) is 30.7 Å². The van der Waals surface area contributed by atoms with Gasteiger partial charge in [-0.3, -0.25) is 0 Å². The van der Waals surface area contributed by atoms with Crippen molar-refractivity contribution in [3.8, 4) is 0 Å². The Bertz CT molecular complexity index is 359. The zero-order valence-corrected chi connectivity index (χ0v) is 19.3. The Labute approximate surface area is 167 Å². The van der Waals surface area contributed by atoms with Crippen molar-refractivity contribution >= 4 is 11.8 Å². The first-order valence-corrected chi connectivity index (χ1v) is 11.9. The summed E-state index contributed by atoms with van der Waals surface area (Å²) in [6, 6.07) is 0. The molecule has 1 fully saturated rings. The first-order chi connectivity index (χ1) is 12.3. The molecular weight excluding hydrogens is 344 g/mol. The predicted molar refractivity (Wildman–Crippen MR) is 114 cm³/mol. The van der Waals surface area contributed by atoms with Gasteiger partial charge in [0.05, 0.1) is 24.4 Å². The van der Waals surface area contributed by atoms with Gasteiger partial charge in [-0.25, -0.2) is 0 Å². The van der Waals surface area contributed by atoms with Gasteiger partial charge in [-0.05, 0) is 63.9 Å². The third-order valence-electron chi connectivity index (χ3n) is 5.09. The molecule has 0 bridgehead atoms. The molecule has 0 N–H and O–H groups in total. The van der Waals surface area contributed by atoms with E-state index in [0.29, 0.717) is 11.8 Å². The molecule has 3 unspecified atom stereocenters. The van der Waals surface area contributed by atoms with Gasteiger partial charge < -0.3 is 14.2 Å². The third-order valence-corrected chi connectivity index (χ3v) is 6.28. The van der Waals surface area contributed by atoms with Crippen LogP contribution in [0.25, 0.3) is 0 Å². The predicted octanol–water partition coefficient (Wildman–Crippen LogP) is 6.29. The Morgan fingerprint density at radius 3 is 2.12 bits per heavy atom. The van der Waals surface area contributed by atoms with Crippen molar-refractivity contribution < 1.29 is 14.2 Å². The summed E-state index contributed by atoms with van der Waals surface area (Å²) in [5.74, 6) is 2.16. The van der Waals surface area contributed by atoms with E-state index in [9.17, 15) is 0 Å². The molecular formula is C22H44O3S. The summed E-state index contributed by atoms with van der Waals surface area (Å²) in [6.45, 7) is 17.5. The molecule has 5 atom stereocenters. The lowest BCUT2D eigenvalue weighted by Crippen LogP contribution is -2.53. The lowest BCUT2D eigenvalue weighted by molar-refractivity contribution is -0.288. The first kappa shape index (κ1) is 24.3. The van der Waals surface area contributed by atoms with Gasteiger partial charge in [0.15, 0.2) is 6.29 Å². The number of hydrogen-bond donors (Lipinski definition) is 0. The summed E-state index contributed by atoms with van der Waals surface area (Å²) < 4.78 is 18.9. The Morgan fingerprint density at radius 1 is 0.923 bits per heavy atom. The number of rotatable bonds is 12. The molecule has 0 spiro atoms. The van der Waals surface area contributed by atoms with Crippen LogP contribution in [-0.2, 0) is 14.2 Å². The topological polar surface area (TPSA) is 27.7 Å². The third kappa shape index (κ3) is 8.50. The van der Waals surface area contributed by atoms with Crippen LogP contribution in [0.4, 0.5) is 0 Å². The lowest BCUT2D eigenvalue weighted by atomic mass is 9.79. The van der Waals surface area contributed by atoms with Crippen molar-refractivity contribution in [3.05, 3.63) is 0 Å². The van der Waals surface area contributed by atoms with Crippen LogP contribution in [0, 0.1) is 11.8 Å². The summed E-state index contributed by atoms with van der Waals surface area (Å²) in [5, 5.41) is 0.741. The second-order valence-electron chi connectivity index (χ2n) is 8.58. The molecule has 26 heavy (non-hydrogen) atoms. The molecule has 0 aromatic rings. The molecule has 0 amide bonds. The average Bonchev–Trinajstić information content (AvgIpc) is 2.54. The summed E-state index contributed by atoms with van der Waals surface area (Å²) in [4.78, 5) is 0. The fraction of sp³-hybridized carbons (Fsp3) is 1.00. The van der Waals surface area contributed by atoms with Crippen molar-refractivity contribution in [2.75, 3.05) is 5.75 Å². The molecule has 0 aromatic carbocycles. The van der Waals surface area contributed by atoms with E-state index in [1.165, 1.54) is 31.4 Å². The monoisotopic (exact) mass is 388 g/mol. The minimum absolute atomic E-state index is 0.0907. The largest absolute Gasteiger partial charge is 0.373 e. The highest BCUT2D eigenvalue weighted by Gasteiger charge is 2.44. The molecule has 0 aromatic heterocycles. The summed E-state index contributed by atoms with van der Waals surface area (Å²) in [6.07, 6.45) is 6.64. The molecule has 0 radical (unpaired) electrons. The van der Waals surface area contributed by atoms with Crippen molar-refractivity contribution in [2.24, 2.45) is 11.8 Å². The fourth-order valence-electron chi connectivity index (χ4n) is 3.81. The fourth-order valence-corrected chi connectivity index (χ4v) is 4.66. The maximum absolute atomic E-state index is 6.40. The van der Waals surface area contributed by atoms with Gasteiger partial charge in [0, 0.05) is 5.92 Å². The molecule has 1 aliphatic heterocycles. The summed E-state index contributed by atoms with van der Waals surface area (Å²) in [7, 11) is 0. The van der Waals surface area contributed by atoms with Crippen LogP contribution in [0.5, 0.6) is 0 Å². The molecule has 1 aliphatic rings. The number of unbranched alkanes of at least 4 members (excludes halogenated alkanes) is 2. The van der Waals surface area contributed by atoms with Crippen molar-refractivity contribution in [2.45, 2.75) is 123 Å². The molecule has 0 aliphatic carbocycles. The van der Waals surface area contributed by atoms with E-state index in [4.69, 9.17) is 14.2 Å². The molecule has 0 saturated carbocycles. The van der Waals surface area contributed by atoms with E-state index in [1.54, 1.807) is 0 Å². The highest BCUT2D eigenvalue weighted by atomic mass is 32.2. The normalized spacial score (nSPS) is 29.9. The summed E-state index contributed by atoms with van der Waals surface area (Å²) >= 11 is 2.07. The Morgan fingerprint density at radius 2 is 1.58 bits per heavy atom. The Hall–Kier alpha value is 0.230. The maximum atomic E-state index is 6.40. The van der Waals surface area contributed by atoms with E-state index >= 15 is 0 Å². The minimum atomic E-state index is -0.0907. The van der Waals surface area contributed by atoms with Crippen LogP contribution in [-0.4, -0.2) is 41.7 Å². The second-order valence-corrected chi connectivity index (χ2v) is 10.3. The molecule has 3 nitrogen and oxygen atoms in total. The van der Waals surface area contributed by atoms with Gasteiger partial charge in [-0.1, -0.05) is 40.5 Å². The Kier molecular flexibility index (Phi) is 11.8. The quantitative estimate of drug-likeness (QED) is 0.367. The highest BCUT2D eigenvalue weighted by molar-refractivity contribution is 7.99. The Balaban J connectivity index is 2.65.